The van der Waals surface area contributed by atoms with Crippen LogP contribution in [0.4, 0.5) is 8.78 Å². The van der Waals surface area contributed by atoms with Crippen LogP contribution in [0.3, 0.4) is 0 Å². The third-order valence-corrected chi connectivity index (χ3v) is 4.54. The average Bonchev–Trinajstić information content (AvgIpc) is 3.30. The van der Waals surface area contributed by atoms with Crippen molar-refractivity contribution in [1.29, 1.82) is 0 Å². The zero-order chi connectivity index (χ0) is 17.9. The molecule has 26 heavy (non-hydrogen) atoms. The van der Waals surface area contributed by atoms with Crippen LogP contribution in [0.15, 0.2) is 70.6 Å². The van der Waals surface area contributed by atoms with Gasteiger partial charge in [0.1, 0.15) is 11.6 Å². The van der Waals surface area contributed by atoms with Gasteiger partial charge in [-0.05, 0) is 42.5 Å². The van der Waals surface area contributed by atoms with Crippen LogP contribution >= 0.6 is 11.8 Å². The average molecular weight is 370 g/mol. The van der Waals surface area contributed by atoms with Crippen LogP contribution in [0.5, 0.6) is 0 Å². The van der Waals surface area contributed by atoms with E-state index in [0.717, 1.165) is 0 Å². The highest BCUT2D eigenvalue weighted by atomic mass is 32.2. The predicted molar refractivity (Wildman–Crippen MR) is 92.8 cm³/mol. The maximum absolute atomic E-state index is 13.4. The van der Waals surface area contributed by atoms with E-state index in [2.05, 4.69) is 15.1 Å². The van der Waals surface area contributed by atoms with Gasteiger partial charge in [0, 0.05) is 18.0 Å². The van der Waals surface area contributed by atoms with Gasteiger partial charge in [0.25, 0.3) is 0 Å². The molecule has 2 heterocycles. The summed E-state index contributed by atoms with van der Waals surface area (Å²) in [5.41, 5.74) is 1.36. The van der Waals surface area contributed by atoms with Crippen LogP contribution in [0.1, 0.15) is 5.89 Å². The predicted octanol–water partition coefficient (Wildman–Crippen LogP) is 4.49. The molecule has 4 aromatic rings. The largest absolute Gasteiger partial charge is 0.338 e. The summed E-state index contributed by atoms with van der Waals surface area (Å²) >= 11 is 1.39. The number of hydrogen-bond donors (Lipinski definition) is 0. The molecule has 4 rings (SSSR count). The minimum absolute atomic E-state index is 0.312. The molecule has 0 fully saturated rings. The molecule has 0 unspecified atom stereocenters. The van der Waals surface area contributed by atoms with E-state index < -0.39 is 0 Å². The molecule has 0 saturated heterocycles. The Labute approximate surface area is 151 Å². The Hall–Kier alpha value is -3.00. The first-order chi connectivity index (χ1) is 12.7. The highest BCUT2D eigenvalue weighted by Crippen LogP contribution is 2.25. The van der Waals surface area contributed by atoms with Gasteiger partial charge in [-0.3, -0.25) is 4.57 Å². The van der Waals surface area contributed by atoms with Crippen molar-refractivity contribution in [3.8, 4) is 17.1 Å². The first-order valence-electron chi connectivity index (χ1n) is 7.70. The SMILES string of the molecule is Fc1ccc(-c2noc(CSc3nccn3-c3cccc(F)c3)n2)cc1. The second-order valence-corrected chi connectivity index (χ2v) is 6.31. The van der Waals surface area contributed by atoms with Crippen molar-refractivity contribution in [3.05, 3.63) is 78.4 Å². The number of thioether (sulfide) groups is 1. The molecule has 2 aromatic heterocycles. The lowest BCUT2D eigenvalue weighted by Crippen LogP contribution is -1.96. The quantitative estimate of drug-likeness (QED) is 0.485. The van der Waals surface area contributed by atoms with Crippen molar-refractivity contribution < 1.29 is 13.3 Å². The smallest absolute Gasteiger partial charge is 0.237 e. The summed E-state index contributed by atoms with van der Waals surface area (Å²) < 4.78 is 33.4. The summed E-state index contributed by atoms with van der Waals surface area (Å²) in [7, 11) is 0. The summed E-state index contributed by atoms with van der Waals surface area (Å²) in [5.74, 6) is 0.586. The molecule has 0 bridgehead atoms. The van der Waals surface area contributed by atoms with Gasteiger partial charge >= 0.3 is 0 Å². The van der Waals surface area contributed by atoms with Gasteiger partial charge in [-0.25, -0.2) is 13.8 Å². The van der Waals surface area contributed by atoms with E-state index in [0.29, 0.717) is 33.9 Å². The van der Waals surface area contributed by atoms with Crippen molar-refractivity contribution in [3.63, 3.8) is 0 Å². The van der Waals surface area contributed by atoms with Crippen LogP contribution in [0.2, 0.25) is 0 Å². The Morgan fingerprint density at radius 1 is 1.04 bits per heavy atom. The molecule has 0 saturated carbocycles. The molecule has 0 radical (unpaired) electrons. The zero-order valence-corrected chi connectivity index (χ0v) is 14.2. The lowest BCUT2D eigenvalue weighted by Gasteiger charge is -2.06. The summed E-state index contributed by atoms with van der Waals surface area (Å²) in [5, 5.41) is 4.59. The first-order valence-corrected chi connectivity index (χ1v) is 8.68. The van der Waals surface area contributed by atoms with Gasteiger partial charge in [0.05, 0.1) is 11.4 Å². The normalized spacial score (nSPS) is 11.0. The highest BCUT2D eigenvalue weighted by molar-refractivity contribution is 7.98. The lowest BCUT2D eigenvalue weighted by atomic mass is 10.2. The van der Waals surface area contributed by atoms with Gasteiger partial charge in [-0.1, -0.05) is 23.0 Å². The van der Waals surface area contributed by atoms with Gasteiger partial charge in [-0.2, -0.15) is 4.98 Å². The van der Waals surface area contributed by atoms with Crippen molar-refractivity contribution in [2.45, 2.75) is 10.9 Å². The van der Waals surface area contributed by atoms with E-state index >= 15 is 0 Å². The third kappa shape index (κ3) is 3.50. The third-order valence-electron chi connectivity index (χ3n) is 3.59. The molecular weight excluding hydrogens is 358 g/mol. The standard InChI is InChI=1S/C18H12F2N4OS/c19-13-6-4-12(5-7-13)17-22-16(25-23-17)11-26-18-21-8-9-24(18)15-3-1-2-14(20)10-15/h1-10H,11H2. The van der Waals surface area contributed by atoms with E-state index in [1.54, 1.807) is 41.2 Å². The molecule has 5 nitrogen and oxygen atoms in total. The maximum atomic E-state index is 13.4. The number of rotatable bonds is 5. The van der Waals surface area contributed by atoms with Gasteiger partial charge in [0.15, 0.2) is 5.16 Å². The van der Waals surface area contributed by atoms with Crippen LogP contribution in [0, 0.1) is 11.6 Å². The summed E-state index contributed by atoms with van der Waals surface area (Å²) in [6, 6.07) is 12.1. The van der Waals surface area contributed by atoms with E-state index in [1.165, 1.54) is 36.0 Å². The van der Waals surface area contributed by atoms with E-state index in [4.69, 9.17) is 4.52 Å². The Morgan fingerprint density at radius 3 is 2.69 bits per heavy atom. The molecule has 130 valence electrons. The number of benzene rings is 2. The summed E-state index contributed by atoms with van der Waals surface area (Å²) in [4.78, 5) is 8.59. The van der Waals surface area contributed by atoms with E-state index in [1.807, 2.05) is 0 Å². The topological polar surface area (TPSA) is 56.7 Å². The molecule has 8 heteroatoms. The second kappa shape index (κ2) is 7.09. The molecule has 2 aromatic carbocycles. The van der Waals surface area contributed by atoms with Crippen molar-refractivity contribution >= 4 is 11.8 Å². The van der Waals surface area contributed by atoms with Crippen LogP contribution in [0.25, 0.3) is 17.1 Å². The van der Waals surface area contributed by atoms with E-state index in [9.17, 15) is 8.78 Å². The second-order valence-electron chi connectivity index (χ2n) is 5.37. The lowest BCUT2D eigenvalue weighted by molar-refractivity contribution is 0.391. The Kier molecular flexibility index (Phi) is 4.49. The van der Waals surface area contributed by atoms with Crippen LogP contribution in [-0.2, 0) is 5.75 Å². The summed E-state index contributed by atoms with van der Waals surface area (Å²) in [6.07, 6.45) is 3.40. The molecule has 0 atom stereocenters. The fraction of sp³-hybridized carbons (Fsp3) is 0.0556. The zero-order valence-electron chi connectivity index (χ0n) is 13.3. The molecule has 0 spiro atoms. The molecule has 0 amide bonds. The number of nitrogens with zero attached hydrogens (tertiary/aromatic N) is 4. The van der Waals surface area contributed by atoms with E-state index in [-0.39, 0.29) is 11.6 Å². The van der Waals surface area contributed by atoms with Gasteiger partial charge in [-0.15, -0.1) is 0 Å². The number of hydrogen-bond acceptors (Lipinski definition) is 5. The maximum Gasteiger partial charge on any atom is 0.237 e. The van der Waals surface area contributed by atoms with Gasteiger partial charge < -0.3 is 4.52 Å². The van der Waals surface area contributed by atoms with Crippen molar-refractivity contribution in [2.24, 2.45) is 0 Å². The Morgan fingerprint density at radius 2 is 1.88 bits per heavy atom. The number of halogens is 2. The Balaban J connectivity index is 1.49. The molecule has 0 aliphatic carbocycles. The number of imidazole rings is 1. The molecule has 0 N–H and O–H groups in total. The minimum Gasteiger partial charge on any atom is -0.338 e. The molecular formula is C18H12F2N4OS. The first kappa shape index (κ1) is 16.5. The Bertz CT molecular complexity index is 1030. The fourth-order valence-corrected chi connectivity index (χ4v) is 3.19. The molecule has 0 aliphatic rings. The molecule has 0 aliphatic heterocycles. The minimum atomic E-state index is -0.322. The number of aromatic nitrogens is 4. The van der Waals surface area contributed by atoms with Crippen molar-refractivity contribution in [1.82, 2.24) is 19.7 Å². The van der Waals surface area contributed by atoms with Crippen molar-refractivity contribution in [2.75, 3.05) is 0 Å². The van der Waals surface area contributed by atoms with Gasteiger partial charge in [0.2, 0.25) is 11.7 Å². The van der Waals surface area contributed by atoms with Crippen LogP contribution in [-0.4, -0.2) is 19.7 Å². The monoisotopic (exact) mass is 370 g/mol. The van der Waals surface area contributed by atoms with Crippen LogP contribution < -0.4 is 0 Å². The highest BCUT2D eigenvalue weighted by Gasteiger charge is 2.12. The summed E-state index contributed by atoms with van der Waals surface area (Å²) in [6.45, 7) is 0. The fourth-order valence-electron chi connectivity index (χ4n) is 2.38.